The summed E-state index contributed by atoms with van der Waals surface area (Å²) in [6, 6.07) is 12.8. The second-order valence-corrected chi connectivity index (χ2v) is 5.52. The predicted octanol–water partition coefficient (Wildman–Crippen LogP) is 3.42. The summed E-state index contributed by atoms with van der Waals surface area (Å²) < 4.78 is 10.6. The molecule has 2 aromatic rings. The van der Waals surface area contributed by atoms with Crippen molar-refractivity contribution < 1.29 is 14.3 Å². The lowest BCUT2D eigenvalue weighted by atomic mass is 10.0. The molecule has 5 nitrogen and oxygen atoms in total. The smallest absolute Gasteiger partial charge is 0.262 e. The van der Waals surface area contributed by atoms with E-state index in [4.69, 9.17) is 15.2 Å². The van der Waals surface area contributed by atoms with Crippen LogP contribution in [0.5, 0.6) is 11.5 Å². The molecule has 0 saturated carbocycles. The Morgan fingerprint density at radius 3 is 2.43 bits per heavy atom. The predicted molar refractivity (Wildman–Crippen MR) is 92.1 cm³/mol. The normalized spacial score (nSPS) is 10.4. The number of carbonyl (C=O) groups excluding carboxylic acids is 1. The number of ether oxygens (including phenoxy) is 2. The third-order valence-corrected chi connectivity index (χ3v) is 3.43. The standard InChI is InChI=1S/C18H22N2O3/c1-12(2)13-4-7-15(8-5-13)23-11-18(21)20-14-6-9-17(22-3)16(19)10-14/h4-10,12H,11,19H2,1-3H3,(H,20,21). The van der Waals surface area contributed by atoms with Gasteiger partial charge in [0.1, 0.15) is 11.5 Å². The molecule has 1 amide bonds. The molecule has 0 heterocycles. The number of benzene rings is 2. The number of anilines is 2. The van der Waals surface area contributed by atoms with Crippen molar-refractivity contribution in [2.45, 2.75) is 19.8 Å². The van der Waals surface area contributed by atoms with Gasteiger partial charge in [-0.3, -0.25) is 4.79 Å². The first-order valence-corrected chi connectivity index (χ1v) is 7.45. The van der Waals surface area contributed by atoms with Gasteiger partial charge in [0, 0.05) is 5.69 Å². The lowest BCUT2D eigenvalue weighted by Crippen LogP contribution is -2.20. The maximum atomic E-state index is 11.9. The number of nitrogens with two attached hydrogens (primary N) is 1. The molecule has 0 bridgehead atoms. The number of carbonyl (C=O) groups is 1. The van der Waals surface area contributed by atoms with Crippen molar-refractivity contribution in [2.75, 3.05) is 24.8 Å². The highest BCUT2D eigenvalue weighted by molar-refractivity contribution is 5.92. The van der Waals surface area contributed by atoms with Gasteiger partial charge >= 0.3 is 0 Å². The average Bonchev–Trinajstić information content (AvgIpc) is 2.53. The Morgan fingerprint density at radius 1 is 1.17 bits per heavy atom. The van der Waals surface area contributed by atoms with Crippen molar-refractivity contribution in [1.29, 1.82) is 0 Å². The van der Waals surface area contributed by atoms with E-state index in [0.717, 1.165) is 0 Å². The van der Waals surface area contributed by atoms with Crippen LogP contribution in [0.2, 0.25) is 0 Å². The van der Waals surface area contributed by atoms with Crippen molar-refractivity contribution in [1.82, 2.24) is 0 Å². The van der Waals surface area contributed by atoms with E-state index in [-0.39, 0.29) is 12.5 Å². The molecular formula is C18H22N2O3. The Kier molecular flexibility index (Phi) is 5.46. The summed E-state index contributed by atoms with van der Waals surface area (Å²) in [7, 11) is 1.54. The van der Waals surface area contributed by atoms with Gasteiger partial charge < -0.3 is 20.5 Å². The Labute approximate surface area is 136 Å². The quantitative estimate of drug-likeness (QED) is 0.801. The van der Waals surface area contributed by atoms with Crippen LogP contribution in [-0.4, -0.2) is 19.6 Å². The molecule has 0 aromatic heterocycles. The fraction of sp³-hybridized carbons (Fsp3) is 0.278. The summed E-state index contributed by atoms with van der Waals surface area (Å²) in [4.78, 5) is 11.9. The van der Waals surface area contributed by atoms with Crippen LogP contribution in [0, 0.1) is 0 Å². The van der Waals surface area contributed by atoms with Crippen LogP contribution in [0.15, 0.2) is 42.5 Å². The van der Waals surface area contributed by atoms with Gasteiger partial charge in [-0.05, 0) is 41.8 Å². The lowest BCUT2D eigenvalue weighted by Gasteiger charge is -2.10. The van der Waals surface area contributed by atoms with Gasteiger partial charge in [-0.1, -0.05) is 26.0 Å². The zero-order chi connectivity index (χ0) is 16.8. The summed E-state index contributed by atoms with van der Waals surface area (Å²) in [6.45, 7) is 4.20. The second-order valence-electron chi connectivity index (χ2n) is 5.52. The Bertz CT molecular complexity index is 666. The van der Waals surface area contributed by atoms with E-state index in [1.165, 1.54) is 5.56 Å². The molecule has 3 N–H and O–H groups in total. The molecule has 0 aliphatic carbocycles. The van der Waals surface area contributed by atoms with Gasteiger partial charge in [-0.25, -0.2) is 0 Å². The maximum absolute atomic E-state index is 11.9. The molecule has 0 aliphatic rings. The number of nitrogens with one attached hydrogen (secondary N) is 1. The molecule has 0 saturated heterocycles. The van der Waals surface area contributed by atoms with Crippen molar-refractivity contribution in [2.24, 2.45) is 0 Å². The van der Waals surface area contributed by atoms with Crippen molar-refractivity contribution in [3.8, 4) is 11.5 Å². The molecule has 0 atom stereocenters. The zero-order valence-electron chi connectivity index (χ0n) is 13.6. The van der Waals surface area contributed by atoms with E-state index in [2.05, 4.69) is 19.2 Å². The molecule has 23 heavy (non-hydrogen) atoms. The van der Waals surface area contributed by atoms with Gasteiger partial charge in [-0.2, -0.15) is 0 Å². The van der Waals surface area contributed by atoms with E-state index in [1.54, 1.807) is 25.3 Å². The van der Waals surface area contributed by atoms with Crippen molar-refractivity contribution >= 4 is 17.3 Å². The second kappa shape index (κ2) is 7.54. The Hall–Kier alpha value is -2.69. The van der Waals surface area contributed by atoms with Crippen LogP contribution in [0.1, 0.15) is 25.3 Å². The maximum Gasteiger partial charge on any atom is 0.262 e. The molecule has 0 fully saturated rings. The molecule has 2 rings (SSSR count). The topological polar surface area (TPSA) is 73.6 Å². The summed E-state index contributed by atoms with van der Waals surface area (Å²) >= 11 is 0. The van der Waals surface area contributed by atoms with E-state index < -0.39 is 0 Å². The van der Waals surface area contributed by atoms with E-state index >= 15 is 0 Å². The van der Waals surface area contributed by atoms with Crippen LogP contribution in [0.25, 0.3) is 0 Å². The number of hydrogen-bond acceptors (Lipinski definition) is 4. The van der Waals surface area contributed by atoms with E-state index in [9.17, 15) is 4.79 Å². The van der Waals surface area contributed by atoms with Crippen LogP contribution in [0.4, 0.5) is 11.4 Å². The first-order chi connectivity index (χ1) is 11.0. The molecule has 5 heteroatoms. The minimum atomic E-state index is -0.248. The number of hydrogen-bond donors (Lipinski definition) is 2. The molecule has 2 aromatic carbocycles. The molecule has 0 unspecified atom stereocenters. The fourth-order valence-corrected chi connectivity index (χ4v) is 2.11. The fourth-order valence-electron chi connectivity index (χ4n) is 2.11. The number of nitrogen functional groups attached to an aromatic ring is 1. The van der Waals surface area contributed by atoms with Gasteiger partial charge in [-0.15, -0.1) is 0 Å². The Morgan fingerprint density at radius 2 is 1.87 bits per heavy atom. The van der Waals surface area contributed by atoms with Crippen LogP contribution in [0.3, 0.4) is 0 Å². The largest absolute Gasteiger partial charge is 0.495 e. The van der Waals surface area contributed by atoms with Crippen molar-refractivity contribution in [3.05, 3.63) is 48.0 Å². The van der Waals surface area contributed by atoms with Gasteiger partial charge in [0.25, 0.3) is 5.91 Å². The first-order valence-electron chi connectivity index (χ1n) is 7.45. The summed E-state index contributed by atoms with van der Waals surface area (Å²) in [5.41, 5.74) is 8.11. The zero-order valence-corrected chi connectivity index (χ0v) is 13.6. The summed E-state index contributed by atoms with van der Waals surface area (Å²) in [6.07, 6.45) is 0. The molecule has 0 aliphatic heterocycles. The van der Waals surface area contributed by atoms with Crippen LogP contribution < -0.4 is 20.5 Å². The van der Waals surface area contributed by atoms with E-state index in [0.29, 0.717) is 28.8 Å². The average molecular weight is 314 g/mol. The SMILES string of the molecule is COc1ccc(NC(=O)COc2ccc(C(C)C)cc2)cc1N. The third kappa shape index (κ3) is 4.64. The number of amides is 1. The summed E-state index contributed by atoms with van der Waals surface area (Å²) in [5, 5.41) is 2.73. The Balaban J connectivity index is 1.88. The highest BCUT2D eigenvalue weighted by atomic mass is 16.5. The molecule has 122 valence electrons. The first kappa shape index (κ1) is 16.7. The van der Waals surface area contributed by atoms with Crippen molar-refractivity contribution in [3.63, 3.8) is 0 Å². The molecule has 0 spiro atoms. The minimum absolute atomic E-state index is 0.0625. The highest BCUT2D eigenvalue weighted by Crippen LogP contribution is 2.24. The van der Waals surface area contributed by atoms with Crippen LogP contribution >= 0.6 is 0 Å². The van der Waals surface area contributed by atoms with Gasteiger partial charge in [0.2, 0.25) is 0 Å². The van der Waals surface area contributed by atoms with E-state index in [1.807, 2.05) is 24.3 Å². The third-order valence-electron chi connectivity index (χ3n) is 3.43. The number of methoxy groups -OCH3 is 1. The molecule has 0 radical (unpaired) electrons. The minimum Gasteiger partial charge on any atom is -0.495 e. The molecular weight excluding hydrogens is 292 g/mol. The van der Waals surface area contributed by atoms with Gasteiger partial charge in [0.15, 0.2) is 6.61 Å². The monoisotopic (exact) mass is 314 g/mol. The lowest BCUT2D eigenvalue weighted by molar-refractivity contribution is -0.118. The highest BCUT2D eigenvalue weighted by Gasteiger charge is 2.06. The number of rotatable bonds is 6. The van der Waals surface area contributed by atoms with Crippen LogP contribution in [-0.2, 0) is 4.79 Å². The van der Waals surface area contributed by atoms with Gasteiger partial charge in [0.05, 0.1) is 12.8 Å². The summed E-state index contributed by atoms with van der Waals surface area (Å²) in [5.74, 6) is 1.46.